The Bertz CT molecular complexity index is 464. The van der Waals surface area contributed by atoms with Crippen LogP contribution in [0.4, 0.5) is 4.79 Å². The van der Waals surface area contributed by atoms with Crippen molar-refractivity contribution < 1.29 is 9.53 Å². The molecule has 0 heterocycles. The number of nitrogens with one attached hydrogen (secondary N) is 1. The van der Waals surface area contributed by atoms with Gasteiger partial charge < -0.3 is 15.8 Å². The molecule has 0 fully saturated rings. The van der Waals surface area contributed by atoms with Crippen LogP contribution in [0.1, 0.15) is 37.5 Å². The van der Waals surface area contributed by atoms with Gasteiger partial charge >= 0.3 is 6.09 Å². The molecule has 0 aromatic heterocycles. The zero-order valence-corrected chi connectivity index (χ0v) is 13.1. The van der Waals surface area contributed by atoms with E-state index in [-0.39, 0.29) is 6.04 Å². The molecule has 1 unspecified atom stereocenters. The molecule has 3 N–H and O–H groups in total. The lowest BCUT2D eigenvalue weighted by Crippen LogP contribution is -2.41. The van der Waals surface area contributed by atoms with Gasteiger partial charge in [-0.3, -0.25) is 0 Å². The van der Waals surface area contributed by atoms with Gasteiger partial charge in [-0.25, -0.2) is 4.79 Å². The lowest BCUT2D eigenvalue weighted by atomic mass is 10.0. The Morgan fingerprint density at radius 2 is 1.95 bits per heavy atom. The van der Waals surface area contributed by atoms with Crippen LogP contribution in [-0.2, 0) is 11.2 Å². The van der Waals surface area contributed by atoms with Gasteiger partial charge in [-0.05, 0) is 57.7 Å². The van der Waals surface area contributed by atoms with Gasteiger partial charge in [0, 0.05) is 12.6 Å². The van der Waals surface area contributed by atoms with Crippen molar-refractivity contribution in [1.82, 2.24) is 5.32 Å². The molecule has 1 aromatic rings. The van der Waals surface area contributed by atoms with Crippen LogP contribution in [0.15, 0.2) is 18.2 Å². The number of carbonyl (C=O) groups excluding carboxylic acids is 1. The first-order valence-corrected chi connectivity index (χ1v) is 6.96. The van der Waals surface area contributed by atoms with Gasteiger partial charge in [0.05, 0.1) is 0 Å². The molecule has 0 aliphatic carbocycles. The van der Waals surface area contributed by atoms with Gasteiger partial charge in [0.25, 0.3) is 0 Å². The summed E-state index contributed by atoms with van der Waals surface area (Å²) >= 11 is 0. The van der Waals surface area contributed by atoms with Crippen molar-refractivity contribution in [2.24, 2.45) is 5.73 Å². The second-order valence-electron chi connectivity index (χ2n) is 6.27. The maximum Gasteiger partial charge on any atom is 0.407 e. The van der Waals surface area contributed by atoms with E-state index in [1.54, 1.807) is 0 Å². The SMILES string of the molecule is Cc1ccc(CC(N)CNC(=O)OC(C)(C)C)cc1C. The molecule has 20 heavy (non-hydrogen) atoms. The maximum absolute atomic E-state index is 11.5. The van der Waals surface area contributed by atoms with Crippen molar-refractivity contribution in [1.29, 1.82) is 0 Å². The Balaban J connectivity index is 2.42. The zero-order chi connectivity index (χ0) is 15.3. The fourth-order valence-electron chi connectivity index (χ4n) is 1.83. The van der Waals surface area contributed by atoms with Crippen LogP contribution in [0.5, 0.6) is 0 Å². The molecule has 0 saturated heterocycles. The van der Waals surface area contributed by atoms with Crippen LogP contribution < -0.4 is 11.1 Å². The lowest BCUT2D eigenvalue weighted by molar-refractivity contribution is 0.0524. The van der Waals surface area contributed by atoms with Gasteiger partial charge in [-0.1, -0.05) is 18.2 Å². The van der Waals surface area contributed by atoms with Crippen LogP contribution in [-0.4, -0.2) is 24.3 Å². The molecule has 0 aliphatic rings. The average molecular weight is 278 g/mol. The van der Waals surface area contributed by atoms with E-state index in [4.69, 9.17) is 10.5 Å². The van der Waals surface area contributed by atoms with Crippen molar-refractivity contribution in [3.8, 4) is 0 Å². The summed E-state index contributed by atoms with van der Waals surface area (Å²) in [6.45, 7) is 10.1. The molecule has 1 amide bonds. The van der Waals surface area contributed by atoms with Gasteiger partial charge in [0.15, 0.2) is 0 Å². The number of alkyl carbamates (subject to hydrolysis) is 1. The van der Waals surface area contributed by atoms with Crippen molar-refractivity contribution >= 4 is 6.09 Å². The zero-order valence-electron chi connectivity index (χ0n) is 13.1. The molecule has 4 heteroatoms. The third kappa shape index (κ3) is 6.06. The molecule has 4 nitrogen and oxygen atoms in total. The summed E-state index contributed by atoms with van der Waals surface area (Å²) in [5, 5.41) is 2.70. The molecule has 0 saturated carbocycles. The van der Waals surface area contributed by atoms with Gasteiger partial charge in [-0.2, -0.15) is 0 Å². The summed E-state index contributed by atoms with van der Waals surface area (Å²) in [5.74, 6) is 0. The number of hydrogen-bond donors (Lipinski definition) is 2. The number of hydrogen-bond acceptors (Lipinski definition) is 3. The first-order chi connectivity index (χ1) is 9.17. The van der Waals surface area contributed by atoms with Crippen molar-refractivity contribution in [2.75, 3.05) is 6.54 Å². The second kappa shape index (κ2) is 6.75. The monoisotopic (exact) mass is 278 g/mol. The van der Waals surface area contributed by atoms with Crippen LogP contribution in [0.2, 0.25) is 0 Å². The molecular weight excluding hydrogens is 252 g/mol. The van der Waals surface area contributed by atoms with E-state index >= 15 is 0 Å². The summed E-state index contributed by atoms with van der Waals surface area (Å²) in [6, 6.07) is 6.20. The highest BCUT2D eigenvalue weighted by molar-refractivity contribution is 5.67. The van der Waals surface area contributed by atoms with E-state index in [1.165, 1.54) is 16.7 Å². The van der Waals surface area contributed by atoms with Crippen LogP contribution >= 0.6 is 0 Å². The topological polar surface area (TPSA) is 64.3 Å². The summed E-state index contributed by atoms with van der Waals surface area (Å²) in [6.07, 6.45) is 0.310. The minimum atomic E-state index is -0.484. The Kier molecular flexibility index (Phi) is 5.57. The largest absolute Gasteiger partial charge is 0.444 e. The highest BCUT2D eigenvalue weighted by atomic mass is 16.6. The molecule has 1 atom stereocenters. The Hall–Kier alpha value is -1.55. The molecule has 1 rings (SSSR count). The van der Waals surface area contributed by atoms with E-state index in [0.29, 0.717) is 6.54 Å². The molecule has 0 aliphatic heterocycles. The summed E-state index contributed by atoms with van der Waals surface area (Å²) in [4.78, 5) is 11.5. The Labute approximate surface area is 121 Å². The highest BCUT2D eigenvalue weighted by Gasteiger charge is 2.16. The van der Waals surface area contributed by atoms with Crippen LogP contribution in [0.25, 0.3) is 0 Å². The molecule has 0 radical (unpaired) electrons. The predicted molar refractivity (Wildman–Crippen MR) is 81.8 cm³/mol. The number of nitrogens with two attached hydrogens (primary N) is 1. The minimum Gasteiger partial charge on any atom is -0.444 e. The van der Waals surface area contributed by atoms with Crippen molar-refractivity contribution in [2.45, 2.75) is 52.7 Å². The third-order valence-corrected chi connectivity index (χ3v) is 2.98. The maximum atomic E-state index is 11.5. The average Bonchev–Trinajstić information content (AvgIpc) is 2.29. The summed E-state index contributed by atoms with van der Waals surface area (Å²) in [7, 11) is 0. The van der Waals surface area contributed by atoms with Crippen molar-refractivity contribution in [3.05, 3.63) is 34.9 Å². The summed E-state index contributed by atoms with van der Waals surface area (Å²) < 4.78 is 5.17. The summed E-state index contributed by atoms with van der Waals surface area (Å²) in [5.41, 5.74) is 9.27. The Morgan fingerprint density at radius 3 is 2.50 bits per heavy atom. The van der Waals surface area contributed by atoms with Gasteiger partial charge in [-0.15, -0.1) is 0 Å². The first-order valence-electron chi connectivity index (χ1n) is 6.96. The number of rotatable bonds is 4. The highest BCUT2D eigenvalue weighted by Crippen LogP contribution is 2.11. The normalized spacial score (nSPS) is 12.9. The van der Waals surface area contributed by atoms with E-state index in [0.717, 1.165) is 6.42 Å². The lowest BCUT2D eigenvalue weighted by Gasteiger charge is -2.21. The molecule has 0 spiro atoms. The number of ether oxygens (including phenoxy) is 1. The van der Waals surface area contributed by atoms with Crippen LogP contribution in [0.3, 0.4) is 0 Å². The third-order valence-electron chi connectivity index (χ3n) is 2.98. The fourth-order valence-corrected chi connectivity index (χ4v) is 1.83. The number of amides is 1. The quantitative estimate of drug-likeness (QED) is 0.890. The molecule has 1 aromatic carbocycles. The molecule has 112 valence electrons. The van der Waals surface area contributed by atoms with E-state index in [9.17, 15) is 4.79 Å². The first kappa shape index (κ1) is 16.5. The predicted octanol–water partition coefficient (Wildman–Crippen LogP) is 2.70. The number of carbonyl (C=O) groups is 1. The second-order valence-corrected chi connectivity index (χ2v) is 6.27. The van der Waals surface area contributed by atoms with E-state index < -0.39 is 11.7 Å². The van der Waals surface area contributed by atoms with Gasteiger partial charge in [0.2, 0.25) is 0 Å². The fraction of sp³-hybridized carbons (Fsp3) is 0.562. The van der Waals surface area contributed by atoms with Crippen molar-refractivity contribution in [3.63, 3.8) is 0 Å². The Morgan fingerprint density at radius 1 is 1.30 bits per heavy atom. The minimum absolute atomic E-state index is 0.121. The van der Waals surface area contributed by atoms with E-state index in [2.05, 4.69) is 37.4 Å². The molecule has 0 bridgehead atoms. The smallest absolute Gasteiger partial charge is 0.407 e. The standard InChI is InChI=1S/C16H26N2O2/c1-11-6-7-13(8-12(11)2)9-14(17)10-18-15(19)20-16(3,4)5/h6-8,14H,9-10,17H2,1-5H3,(H,18,19). The molecular formula is C16H26N2O2. The number of aryl methyl sites for hydroxylation is 2. The van der Waals surface area contributed by atoms with Gasteiger partial charge in [0.1, 0.15) is 5.60 Å². The van der Waals surface area contributed by atoms with E-state index in [1.807, 2.05) is 20.8 Å². The van der Waals surface area contributed by atoms with Crippen LogP contribution in [0, 0.1) is 13.8 Å². The number of benzene rings is 1.